The molecule has 1 saturated heterocycles. The van der Waals surface area contributed by atoms with Crippen molar-refractivity contribution in [1.29, 1.82) is 0 Å². The predicted molar refractivity (Wildman–Crippen MR) is 67.4 cm³/mol. The number of carboxylic acids is 1. The van der Waals surface area contributed by atoms with Crippen LogP contribution in [0, 0.1) is 17.6 Å². The predicted octanol–water partition coefficient (Wildman–Crippen LogP) is 2.35. The van der Waals surface area contributed by atoms with Gasteiger partial charge in [-0.1, -0.05) is 0 Å². The standard InChI is InChI=1S/C12H11F2NO3S/c13-8-3-7(12(17)18)10(4-9(8)14)15-11(16)6-1-2-19-5-6/h3-4,6H,1-2,5H2,(H,15,16)(H,17,18). The van der Waals surface area contributed by atoms with Crippen molar-refractivity contribution in [2.45, 2.75) is 6.42 Å². The molecule has 0 spiro atoms. The second kappa shape index (κ2) is 5.56. The van der Waals surface area contributed by atoms with Crippen LogP contribution < -0.4 is 5.32 Å². The Bertz CT molecular complexity index is 530. The molecule has 1 heterocycles. The number of hydrogen-bond donors (Lipinski definition) is 2. The summed E-state index contributed by atoms with van der Waals surface area (Å²) < 4.78 is 26.1. The Kier molecular flexibility index (Phi) is 4.04. The molecule has 0 bridgehead atoms. The SMILES string of the molecule is O=C(O)c1cc(F)c(F)cc1NC(=O)C1CCSC1. The number of rotatable bonds is 3. The van der Waals surface area contributed by atoms with Crippen molar-refractivity contribution in [3.05, 3.63) is 29.3 Å². The Morgan fingerprint density at radius 1 is 1.32 bits per heavy atom. The molecular formula is C12H11F2NO3S. The highest BCUT2D eigenvalue weighted by atomic mass is 32.2. The van der Waals surface area contributed by atoms with Crippen LogP contribution in [-0.2, 0) is 4.79 Å². The third-order valence-electron chi connectivity index (χ3n) is 2.85. The summed E-state index contributed by atoms with van der Waals surface area (Å²) in [6.45, 7) is 0. The lowest BCUT2D eigenvalue weighted by molar-refractivity contribution is -0.119. The summed E-state index contributed by atoms with van der Waals surface area (Å²) in [6.07, 6.45) is 0.697. The van der Waals surface area contributed by atoms with E-state index in [4.69, 9.17) is 5.11 Å². The second-order valence-corrected chi connectivity index (χ2v) is 5.32. The van der Waals surface area contributed by atoms with Gasteiger partial charge in [-0.25, -0.2) is 13.6 Å². The van der Waals surface area contributed by atoms with Crippen LogP contribution >= 0.6 is 11.8 Å². The highest BCUT2D eigenvalue weighted by Gasteiger charge is 2.25. The summed E-state index contributed by atoms with van der Waals surface area (Å²) in [5.74, 6) is -2.94. The van der Waals surface area contributed by atoms with E-state index in [1.54, 1.807) is 11.8 Å². The fourth-order valence-electron chi connectivity index (χ4n) is 1.80. The molecule has 0 saturated carbocycles. The number of anilines is 1. The quantitative estimate of drug-likeness (QED) is 0.895. The maximum atomic E-state index is 13.1. The molecule has 0 radical (unpaired) electrons. The van der Waals surface area contributed by atoms with Gasteiger partial charge in [0.25, 0.3) is 0 Å². The number of thioether (sulfide) groups is 1. The third-order valence-corrected chi connectivity index (χ3v) is 4.01. The lowest BCUT2D eigenvalue weighted by atomic mass is 10.1. The molecule has 1 atom stereocenters. The summed E-state index contributed by atoms with van der Waals surface area (Å²) >= 11 is 1.63. The molecule has 1 amide bonds. The van der Waals surface area contributed by atoms with Gasteiger partial charge < -0.3 is 10.4 Å². The number of amides is 1. The van der Waals surface area contributed by atoms with Gasteiger partial charge in [-0.2, -0.15) is 11.8 Å². The molecular weight excluding hydrogens is 276 g/mol. The monoisotopic (exact) mass is 287 g/mol. The maximum Gasteiger partial charge on any atom is 0.337 e. The molecule has 2 N–H and O–H groups in total. The first kappa shape index (κ1) is 13.8. The van der Waals surface area contributed by atoms with E-state index < -0.39 is 23.2 Å². The van der Waals surface area contributed by atoms with Crippen LogP contribution in [0.1, 0.15) is 16.8 Å². The van der Waals surface area contributed by atoms with Crippen molar-refractivity contribution in [2.24, 2.45) is 5.92 Å². The van der Waals surface area contributed by atoms with Crippen LogP contribution in [0.2, 0.25) is 0 Å². The minimum atomic E-state index is -1.42. The number of aromatic carboxylic acids is 1. The Balaban J connectivity index is 2.25. The molecule has 0 aliphatic carbocycles. The van der Waals surface area contributed by atoms with E-state index in [0.29, 0.717) is 24.3 Å². The summed E-state index contributed by atoms with van der Waals surface area (Å²) in [7, 11) is 0. The van der Waals surface area contributed by atoms with Crippen molar-refractivity contribution in [3.8, 4) is 0 Å². The minimum Gasteiger partial charge on any atom is -0.478 e. The Morgan fingerprint density at radius 2 is 2.00 bits per heavy atom. The van der Waals surface area contributed by atoms with Crippen LogP contribution in [0.5, 0.6) is 0 Å². The van der Waals surface area contributed by atoms with Crippen LogP contribution in [0.3, 0.4) is 0 Å². The van der Waals surface area contributed by atoms with Crippen molar-refractivity contribution in [1.82, 2.24) is 0 Å². The Morgan fingerprint density at radius 3 is 2.58 bits per heavy atom. The fourth-order valence-corrected chi connectivity index (χ4v) is 3.02. The third kappa shape index (κ3) is 3.04. The first-order chi connectivity index (χ1) is 8.99. The fraction of sp³-hybridized carbons (Fsp3) is 0.333. The van der Waals surface area contributed by atoms with E-state index in [0.717, 1.165) is 5.75 Å². The zero-order valence-corrected chi connectivity index (χ0v) is 10.6. The first-order valence-electron chi connectivity index (χ1n) is 5.60. The largest absolute Gasteiger partial charge is 0.478 e. The molecule has 4 nitrogen and oxygen atoms in total. The smallest absolute Gasteiger partial charge is 0.337 e. The van der Waals surface area contributed by atoms with Crippen molar-refractivity contribution in [3.63, 3.8) is 0 Å². The number of nitrogens with one attached hydrogen (secondary N) is 1. The number of hydrogen-bond acceptors (Lipinski definition) is 3. The second-order valence-electron chi connectivity index (χ2n) is 4.17. The molecule has 1 fully saturated rings. The lowest BCUT2D eigenvalue weighted by Crippen LogP contribution is -2.23. The maximum absolute atomic E-state index is 13.1. The molecule has 1 aromatic rings. The zero-order valence-electron chi connectivity index (χ0n) is 9.78. The first-order valence-corrected chi connectivity index (χ1v) is 6.75. The molecule has 1 aliphatic rings. The van der Waals surface area contributed by atoms with Crippen molar-refractivity contribution >= 4 is 29.3 Å². The molecule has 0 aromatic heterocycles. The average molecular weight is 287 g/mol. The van der Waals surface area contributed by atoms with Crippen molar-refractivity contribution < 1.29 is 23.5 Å². The van der Waals surface area contributed by atoms with Crippen LogP contribution in [0.4, 0.5) is 14.5 Å². The van der Waals surface area contributed by atoms with Crippen LogP contribution in [0.25, 0.3) is 0 Å². The Labute approximate surface area is 112 Å². The lowest BCUT2D eigenvalue weighted by Gasteiger charge is -2.12. The van der Waals surface area contributed by atoms with Gasteiger partial charge in [0, 0.05) is 17.7 Å². The Hall–Kier alpha value is -1.63. The van der Waals surface area contributed by atoms with E-state index in [2.05, 4.69) is 5.32 Å². The van der Waals surface area contributed by atoms with Gasteiger partial charge in [-0.15, -0.1) is 0 Å². The minimum absolute atomic E-state index is 0.215. The molecule has 2 rings (SSSR count). The van der Waals surface area contributed by atoms with Crippen LogP contribution in [0.15, 0.2) is 12.1 Å². The van der Waals surface area contributed by atoms with E-state index in [-0.39, 0.29) is 17.5 Å². The summed E-state index contributed by atoms with van der Waals surface area (Å²) in [4.78, 5) is 22.8. The van der Waals surface area contributed by atoms with Gasteiger partial charge in [-0.05, 0) is 18.2 Å². The van der Waals surface area contributed by atoms with Gasteiger partial charge in [0.15, 0.2) is 11.6 Å². The topological polar surface area (TPSA) is 66.4 Å². The van der Waals surface area contributed by atoms with E-state index in [1.165, 1.54) is 0 Å². The number of carboxylic acid groups (broad SMARTS) is 1. The number of carbonyl (C=O) groups is 2. The van der Waals surface area contributed by atoms with Crippen molar-refractivity contribution in [2.75, 3.05) is 16.8 Å². The van der Waals surface area contributed by atoms with E-state index in [1.807, 2.05) is 0 Å². The summed E-state index contributed by atoms with van der Waals surface area (Å²) in [5, 5.41) is 11.3. The van der Waals surface area contributed by atoms with Gasteiger partial charge in [0.05, 0.1) is 11.3 Å². The number of halogens is 2. The molecule has 7 heteroatoms. The molecule has 1 unspecified atom stereocenters. The van der Waals surface area contributed by atoms with Gasteiger partial charge >= 0.3 is 5.97 Å². The van der Waals surface area contributed by atoms with E-state index in [9.17, 15) is 18.4 Å². The molecule has 102 valence electrons. The normalized spacial score (nSPS) is 18.3. The molecule has 19 heavy (non-hydrogen) atoms. The van der Waals surface area contributed by atoms with Crippen LogP contribution in [-0.4, -0.2) is 28.5 Å². The summed E-state index contributed by atoms with van der Waals surface area (Å²) in [5.41, 5.74) is -0.675. The summed E-state index contributed by atoms with van der Waals surface area (Å²) in [6, 6.07) is 1.26. The van der Waals surface area contributed by atoms with Gasteiger partial charge in [-0.3, -0.25) is 4.79 Å². The zero-order chi connectivity index (χ0) is 14.0. The van der Waals surface area contributed by atoms with Gasteiger partial charge in [0.1, 0.15) is 0 Å². The number of benzene rings is 1. The highest BCUT2D eigenvalue weighted by Crippen LogP contribution is 2.26. The highest BCUT2D eigenvalue weighted by molar-refractivity contribution is 7.99. The van der Waals surface area contributed by atoms with Gasteiger partial charge in [0.2, 0.25) is 5.91 Å². The average Bonchev–Trinajstić information content (AvgIpc) is 2.86. The molecule has 1 aromatic carbocycles. The molecule has 1 aliphatic heterocycles. The van der Waals surface area contributed by atoms with E-state index >= 15 is 0 Å². The number of carbonyl (C=O) groups excluding carboxylic acids is 1.